The Kier molecular flexibility index (Phi) is 6.38. The maximum atomic E-state index is 14.9. The minimum Gasteiger partial charge on any atom is -0.476 e. The van der Waals surface area contributed by atoms with E-state index in [1.807, 2.05) is 12.3 Å². The number of H-pyrrole nitrogens is 1. The van der Waals surface area contributed by atoms with Crippen LogP contribution in [-0.2, 0) is 6.42 Å². The van der Waals surface area contributed by atoms with Gasteiger partial charge >= 0.3 is 0 Å². The van der Waals surface area contributed by atoms with Crippen LogP contribution in [0.2, 0.25) is 0 Å². The number of para-hydroxylation sites is 1. The lowest BCUT2D eigenvalue weighted by molar-refractivity contribution is 0.0665. The first-order valence-electron chi connectivity index (χ1n) is 12.7. The molecule has 0 spiro atoms. The summed E-state index contributed by atoms with van der Waals surface area (Å²) >= 11 is 0. The van der Waals surface area contributed by atoms with E-state index >= 15 is 0 Å². The van der Waals surface area contributed by atoms with Crippen molar-refractivity contribution in [2.24, 2.45) is 5.92 Å². The predicted molar refractivity (Wildman–Crippen MR) is 135 cm³/mol. The Bertz CT molecular complexity index is 1110. The van der Waals surface area contributed by atoms with Crippen molar-refractivity contribution < 1.29 is 9.13 Å². The van der Waals surface area contributed by atoms with Gasteiger partial charge in [-0.2, -0.15) is 0 Å². The summed E-state index contributed by atoms with van der Waals surface area (Å²) < 4.78 is 20.8. The number of benzene rings is 1. The van der Waals surface area contributed by atoms with Crippen LogP contribution < -0.4 is 4.74 Å². The van der Waals surface area contributed by atoms with Gasteiger partial charge in [0.1, 0.15) is 12.3 Å². The Morgan fingerprint density at radius 3 is 2.68 bits per heavy atom. The molecular formula is C28H37FN4O. The molecule has 0 unspecified atom stereocenters. The molecule has 2 aliphatic heterocycles. The molecule has 0 radical (unpaired) electrons. The van der Waals surface area contributed by atoms with E-state index in [2.05, 4.69) is 63.9 Å². The normalized spacial score (nSPS) is 22.0. The highest BCUT2D eigenvalue weighted by molar-refractivity contribution is 5.85. The summed E-state index contributed by atoms with van der Waals surface area (Å²) in [7, 11) is 0. The van der Waals surface area contributed by atoms with E-state index in [4.69, 9.17) is 4.74 Å². The summed E-state index contributed by atoms with van der Waals surface area (Å²) in [6.45, 7) is 12.1. The van der Waals surface area contributed by atoms with Crippen molar-refractivity contribution in [3.05, 3.63) is 59.4 Å². The summed E-state index contributed by atoms with van der Waals surface area (Å²) in [5, 5.41) is 1.26. The van der Waals surface area contributed by atoms with Gasteiger partial charge in [0, 0.05) is 61.1 Å². The Balaban J connectivity index is 1.38. The van der Waals surface area contributed by atoms with Crippen molar-refractivity contribution in [3.63, 3.8) is 0 Å². The zero-order valence-electron chi connectivity index (χ0n) is 20.9. The number of hydrogen-bond donors (Lipinski definition) is 1. The monoisotopic (exact) mass is 464 g/mol. The molecule has 1 aromatic carbocycles. The fourth-order valence-electron chi connectivity index (χ4n) is 5.58. The van der Waals surface area contributed by atoms with Crippen LogP contribution in [0.25, 0.3) is 10.9 Å². The highest BCUT2D eigenvalue weighted by Crippen LogP contribution is 2.41. The van der Waals surface area contributed by atoms with Gasteiger partial charge in [0.25, 0.3) is 0 Å². The number of aromatic nitrogens is 2. The molecule has 1 saturated heterocycles. The largest absolute Gasteiger partial charge is 0.476 e. The number of hydrogen-bond acceptors (Lipinski definition) is 4. The third-order valence-electron chi connectivity index (χ3n) is 7.42. The lowest BCUT2D eigenvalue weighted by Crippen LogP contribution is -2.48. The van der Waals surface area contributed by atoms with Gasteiger partial charge in [0.05, 0.1) is 6.04 Å². The quantitative estimate of drug-likeness (QED) is 0.487. The molecule has 1 N–H and O–H groups in total. The number of alkyl halides is 1. The molecule has 0 bridgehead atoms. The average molecular weight is 465 g/mol. The molecule has 5 nitrogen and oxygen atoms in total. The molecule has 0 aliphatic carbocycles. The van der Waals surface area contributed by atoms with E-state index in [0.717, 1.165) is 35.7 Å². The molecular weight excluding hydrogens is 427 g/mol. The van der Waals surface area contributed by atoms with Crippen LogP contribution in [0.1, 0.15) is 57.0 Å². The molecule has 182 valence electrons. The fraction of sp³-hybridized carbons (Fsp3) is 0.536. The number of rotatable bonds is 8. The molecule has 3 aromatic rings. The summed E-state index contributed by atoms with van der Waals surface area (Å²) in [5.74, 6) is 1.50. The summed E-state index contributed by atoms with van der Waals surface area (Å²) in [5.41, 5.74) is 3.39. The third-order valence-corrected chi connectivity index (χ3v) is 7.42. The second-order valence-corrected chi connectivity index (χ2v) is 10.7. The zero-order valence-corrected chi connectivity index (χ0v) is 20.9. The van der Waals surface area contributed by atoms with Gasteiger partial charge in [-0.3, -0.25) is 9.80 Å². The van der Waals surface area contributed by atoms with Crippen molar-refractivity contribution in [1.29, 1.82) is 0 Å². The van der Waals surface area contributed by atoms with Crippen LogP contribution in [-0.4, -0.2) is 64.3 Å². The number of halogens is 1. The number of pyridine rings is 1. The number of nitrogens with zero attached hydrogens (tertiary/aromatic N) is 3. The van der Waals surface area contributed by atoms with Crippen molar-refractivity contribution in [3.8, 4) is 5.88 Å². The Morgan fingerprint density at radius 1 is 1.18 bits per heavy atom. The van der Waals surface area contributed by atoms with Gasteiger partial charge in [0.2, 0.25) is 5.88 Å². The van der Waals surface area contributed by atoms with E-state index in [9.17, 15) is 4.39 Å². The van der Waals surface area contributed by atoms with Gasteiger partial charge < -0.3 is 9.72 Å². The minimum absolute atomic E-state index is 0.0743. The Hall–Kier alpha value is -2.44. The van der Waals surface area contributed by atoms with E-state index in [1.165, 1.54) is 30.5 Å². The first-order chi connectivity index (χ1) is 16.3. The number of aromatic amines is 1. The van der Waals surface area contributed by atoms with Crippen LogP contribution in [0.4, 0.5) is 4.39 Å². The zero-order chi connectivity index (χ0) is 23.9. The standard InChI is InChI=1S/C28H37FN4O/c1-5-20-16-32(17-20)12-13-34-25-11-10-21(15-30-25)27-26-23(22-8-6-7-9-24(22)31-26)14-19(2)33(27)18-28(3,4)29/h6-11,15,19-20,27,31H,5,12-14,16-18H2,1-4H3/t19-,27-/m1/s1. The Labute approximate surface area is 202 Å². The Morgan fingerprint density at radius 2 is 1.97 bits per heavy atom. The SMILES string of the molecule is CCC1CN(CCOc2ccc([C@@H]3c4[nH]c5ccccc5c4C[C@@H](C)N3CC(C)(C)F)cn2)C1. The molecule has 1 fully saturated rings. The first kappa shape index (κ1) is 23.3. The summed E-state index contributed by atoms with van der Waals surface area (Å²) in [6, 6.07) is 12.6. The van der Waals surface area contributed by atoms with Gasteiger partial charge in [-0.05, 0) is 50.3 Å². The molecule has 6 heteroatoms. The molecule has 2 atom stereocenters. The topological polar surface area (TPSA) is 44.4 Å². The van der Waals surface area contributed by atoms with Gasteiger partial charge in [0.15, 0.2) is 0 Å². The minimum atomic E-state index is -1.29. The number of nitrogens with one attached hydrogen (secondary N) is 1. The second kappa shape index (κ2) is 9.31. The van der Waals surface area contributed by atoms with E-state index in [1.54, 1.807) is 13.8 Å². The van der Waals surface area contributed by atoms with Crippen molar-refractivity contribution in [2.45, 2.75) is 58.3 Å². The van der Waals surface area contributed by atoms with Gasteiger partial charge in [-0.1, -0.05) is 37.6 Å². The molecule has 2 aliphatic rings. The smallest absolute Gasteiger partial charge is 0.213 e. The lowest BCUT2D eigenvalue weighted by atomic mass is 9.88. The van der Waals surface area contributed by atoms with Crippen molar-refractivity contribution in [1.82, 2.24) is 19.8 Å². The second-order valence-electron chi connectivity index (χ2n) is 10.7. The molecule has 34 heavy (non-hydrogen) atoms. The molecule has 2 aromatic heterocycles. The van der Waals surface area contributed by atoms with Crippen LogP contribution in [0.15, 0.2) is 42.6 Å². The molecule has 4 heterocycles. The number of ether oxygens (including phenoxy) is 1. The predicted octanol–water partition coefficient (Wildman–Crippen LogP) is 5.37. The van der Waals surface area contributed by atoms with Gasteiger partial charge in [-0.15, -0.1) is 0 Å². The highest BCUT2D eigenvalue weighted by atomic mass is 19.1. The number of likely N-dealkylation sites (tertiary alicyclic amines) is 1. The highest BCUT2D eigenvalue weighted by Gasteiger charge is 2.38. The van der Waals surface area contributed by atoms with Crippen LogP contribution in [0.5, 0.6) is 5.88 Å². The maximum absolute atomic E-state index is 14.9. The van der Waals surface area contributed by atoms with Crippen molar-refractivity contribution in [2.75, 3.05) is 32.8 Å². The van der Waals surface area contributed by atoms with Crippen LogP contribution >= 0.6 is 0 Å². The molecule has 0 amide bonds. The first-order valence-corrected chi connectivity index (χ1v) is 12.7. The summed E-state index contributed by atoms with van der Waals surface area (Å²) in [4.78, 5) is 13.0. The van der Waals surface area contributed by atoms with Gasteiger partial charge in [-0.25, -0.2) is 9.37 Å². The van der Waals surface area contributed by atoms with Crippen LogP contribution in [0, 0.1) is 5.92 Å². The number of fused-ring (bicyclic) bond motifs is 3. The molecule has 0 saturated carbocycles. The van der Waals surface area contributed by atoms with E-state index < -0.39 is 5.67 Å². The van der Waals surface area contributed by atoms with E-state index in [0.29, 0.717) is 19.0 Å². The summed E-state index contributed by atoms with van der Waals surface area (Å²) in [6.07, 6.45) is 4.06. The van der Waals surface area contributed by atoms with E-state index in [-0.39, 0.29) is 12.1 Å². The lowest BCUT2D eigenvalue weighted by Gasteiger charge is -2.42. The molecule has 5 rings (SSSR count). The van der Waals surface area contributed by atoms with Crippen molar-refractivity contribution >= 4 is 10.9 Å². The average Bonchev–Trinajstić information content (AvgIpc) is 3.13. The van der Waals surface area contributed by atoms with Crippen LogP contribution in [0.3, 0.4) is 0 Å². The maximum Gasteiger partial charge on any atom is 0.213 e. The fourth-order valence-corrected chi connectivity index (χ4v) is 5.58. The third kappa shape index (κ3) is 4.71.